The van der Waals surface area contributed by atoms with Crippen molar-refractivity contribution in [2.45, 2.75) is 20.3 Å². The second kappa shape index (κ2) is 6.48. The van der Waals surface area contributed by atoms with Gasteiger partial charge < -0.3 is 9.94 Å². The molecule has 0 atom stereocenters. The SMILES string of the molecule is Cc1cc(C)cc(Oc2ccc(/C(=N/O)N3CCC=N3)cn2)c1. The van der Waals surface area contributed by atoms with Crippen molar-refractivity contribution < 1.29 is 9.94 Å². The molecule has 0 unspecified atom stereocenters. The Morgan fingerprint density at radius 3 is 2.57 bits per heavy atom. The minimum atomic E-state index is 0.379. The van der Waals surface area contributed by atoms with E-state index in [1.165, 1.54) is 0 Å². The zero-order valence-corrected chi connectivity index (χ0v) is 13.1. The number of aromatic nitrogens is 1. The number of hydrogen-bond donors (Lipinski definition) is 1. The molecule has 1 aromatic heterocycles. The van der Waals surface area contributed by atoms with Gasteiger partial charge in [0, 0.05) is 37.0 Å². The average Bonchev–Trinajstić information content (AvgIpc) is 3.03. The Hall–Kier alpha value is -2.89. The van der Waals surface area contributed by atoms with Gasteiger partial charge in [-0.25, -0.2) is 9.99 Å². The van der Waals surface area contributed by atoms with E-state index in [0.717, 1.165) is 23.3 Å². The molecule has 1 aliphatic rings. The topological polar surface area (TPSA) is 70.3 Å². The molecule has 118 valence electrons. The number of hydrogen-bond acceptors (Lipinski definition) is 5. The zero-order valence-electron chi connectivity index (χ0n) is 13.1. The van der Waals surface area contributed by atoms with Gasteiger partial charge in [0.05, 0.1) is 0 Å². The third-order valence-electron chi connectivity index (χ3n) is 3.44. The molecular formula is C17H18N4O2. The molecule has 0 radical (unpaired) electrons. The van der Waals surface area contributed by atoms with Gasteiger partial charge in [-0.3, -0.25) is 0 Å². The molecule has 6 nitrogen and oxygen atoms in total. The van der Waals surface area contributed by atoms with Gasteiger partial charge in [-0.1, -0.05) is 11.2 Å². The lowest BCUT2D eigenvalue weighted by molar-refractivity contribution is 0.305. The van der Waals surface area contributed by atoms with Crippen LogP contribution in [0.4, 0.5) is 0 Å². The Bertz CT molecular complexity index is 733. The highest BCUT2D eigenvalue weighted by atomic mass is 16.5. The second-order valence-electron chi connectivity index (χ2n) is 5.44. The van der Waals surface area contributed by atoms with E-state index in [1.807, 2.05) is 26.0 Å². The van der Waals surface area contributed by atoms with Gasteiger partial charge in [-0.2, -0.15) is 5.10 Å². The summed E-state index contributed by atoms with van der Waals surface area (Å²) < 4.78 is 5.78. The van der Waals surface area contributed by atoms with E-state index in [1.54, 1.807) is 29.6 Å². The van der Waals surface area contributed by atoms with Crippen molar-refractivity contribution in [2.75, 3.05) is 6.54 Å². The van der Waals surface area contributed by atoms with E-state index in [9.17, 15) is 5.21 Å². The molecule has 2 heterocycles. The molecule has 0 aliphatic carbocycles. The van der Waals surface area contributed by atoms with E-state index >= 15 is 0 Å². The molecule has 23 heavy (non-hydrogen) atoms. The van der Waals surface area contributed by atoms with Crippen LogP contribution in [0.25, 0.3) is 0 Å². The molecule has 0 amide bonds. The lowest BCUT2D eigenvalue weighted by Gasteiger charge is -2.14. The highest BCUT2D eigenvalue weighted by molar-refractivity contribution is 5.98. The van der Waals surface area contributed by atoms with Gasteiger partial charge in [-0.15, -0.1) is 0 Å². The molecule has 0 saturated carbocycles. The molecular weight excluding hydrogens is 292 g/mol. The van der Waals surface area contributed by atoms with E-state index in [2.05, 4.69) is 21.3 Å². The van der Waals surface area contributed by atoms with Crippen LogP contribution in [0.15, 0.2) is 46.8 Å². The molecule has 0 fully saturated rings. The molecule has 6 heteroatoms. The summed E-state index contributed by atoms with van der Waals surface area (Å²) >= 11 is 0. The number of rotatable bonds is 3. The molecule has 1 aliphatic heterocycles. The molecule has 1 aromatic carbocycles. The Labute approximate surface area is 134 Å². The van der Waals surface area contributed by atoms with Crippen LogP contribution in [-0.2, 0) is 0 Å². The molecule has 1 N–H and O–H groups in total. The average molecular weight is 310 g/mol. The Morgan fingerprint density at radius 2 is 2.00 bits per heavy atom. The first kappa shape index (κ1) is 15.0. The summed E-state index contributed by atoms with van der Waals surface area (Å²) in [5.41, 5.74) is 2.95. The van der Waals surface area contributed by atoms with Crippen LogP contribution in [0.2, 0.25) is 0 Å². The summed E-state index contributed by atoms with van der Waals surface area (Å²) in [6.07, 6.45) is 4.23. The van der Waals surface area contributed by atoms with Crippen molar-refractivity contribution in [3.05, 3.63) is 53.2 Å². The van der Waals surface area contributed by atoms with Crippen LogP contribution in [0.1, 0.15) is 23.1 Å². The molecule has 3 rings (SSSR count). The largest absolute Gasteiger partial charge is 0.439 e. The minimum Gasteiger partial charge on any atom is -0.439 e. The summed E-state index contributed by atoms with van der Waals surface area (Å²) in [5.74, 6) is 1.62. The van der Waals surface area contributed by atoms with E-state index < -0.39 is 0 Å². The summed E-state index contributed by atoms with van der Waals surface area (Å²) in [6.45, 7) is 4.74. The summed E-state index contributed by atoms with van der Waals surface area (Å²) in [4.78, 5) is 4.28. The van der Waals surface area contributed by atoms with Crippen LogP contribution in [-0.4, -0.2) is 33.8 Å². The number of aryl methyl sites for hydroxylation is 2. The number of hydrazone groups is 1. The van der Waals surface area contributed by atoms with Crippen molar-refractivity contribution in [3.63, 3.8) is 0 Å². The minimum absolute atomic E-state index is 0.379. The van der Waals surface area contributed by atoms with E-state index in [4.69, 9.17) is 4.74 Å². The molecule has 0 bridgehead atoms. The maximum absolute atomic E-state index is 9.22. The number of oxime groups is 1. The number of pyridine rings is 1. The van der Waals surface area contributed by atoms with Crippen molar-refractivity contribution in [1.29, 1.82) is 0 Å². The Kier molecular flexibility index (Phi) is 4.23. The van der Waals surface area contributed by atoms with Gasteiger partial charge in [0.15, 0.2) is 5.84 Å². The maximum atomic E-state index is 9.22. The zero-order chi connectivity index (χ0) is 16.2. The van der Waals surface area contributed by atoms with Crippen molar-refractivity contribution in [3.8, 4) is 11.6 Å². The van der Waals surface area contributed by atoms with Gasteiger partial charge in [-0.05, 0) is 43.2 Å². The van der Waals surface area contributed by atoms with Crippen LogP contribution in [0.3, 0.4) is 0 Å². The third kappa shape index (κ3) is 3.48. The molecule has 2 aromatic rings. The smallest absolute Gasteiger partial charge is 0.219 e. The standard InChI is InChI=1S/C17H18N4O2/c1-12-8-13(2)10-15(9-12)23-16-5-4-14(11-18-16)17(20-22)21-7-3-6-19-21/h4-6,8-11,22H,3,7H2,1-2H3/b20-17-. The van der Waals surface area contributed by atoms with Gasteiger partial charge in [0.1, 0.15) is 5.75 Å². The van der Waals surface area contributed by atoms with Gasteiger partial charge >= 0.3 is 0 Å². The highest BCUT2D eigenvalue weighted by Crippen LogP contribution is 2.22. The van der Waals surface area contributed by atoms with Crippen molar-refractivity contribution >= 4 is 12.1 Å². The third-order valence-corrected chi connectivity index (χ3v) is 3.44. The fourth-order valence-electron chi connectivity index (χ4n) is 2.50. The highest BCUT2D eigenvalue weighted by Gasteiger charge is 2.16. The predicted molar refractivity (Wildman–Crippen MR) is 88.4 cm³/mol. The normalized spacial score (nSPS) is 14.3. The number of amidine groups is 1. The Morgan fingerprint density at radius 1 is 1.22 bits per heavy atom. The second-order valence-corrected chi connectivity index (χ2v) is 5.44. The van der Waals surface area contributed by atoms with E-state index in [0.29, 0.717) is 23.8 Å². The first-order chi connectivity index (χ1) is 11.2. The van der Waals surface area contributed by atoms with Gasteiger partial charge in [0.25, 0.3) is 0 Å². The summed E-state index contributed by atoms with van der Waals surface area (Å²) in [5, 5.41) is 18.3. The number of benzene rings is 1. The lowest BCUT2D eigenvalue weighted by Crippen LogP contribution is -2.24. The fourth-order valence-corrected chi connectivity index (χ4v) is 2.50. The van der Waals surface area contributed by atoms with Gasteiger partial charge in [0.2, 0.25) is 5.88 Å². The van der Waals surface area contributed by atoms with E-state index in [-0.39, 0.29) is 0 Å². The summed E-state index contributed by atoms with van der Waals surface area (Å²) in [6, 6.07) is 9.56. The quantitative estimate of drug-likeness (QED) is 0.408. The first-order valence-corrected chi connectivity index (χ1v) is 7.40. The number of nitrogens with zero attached hydrogens (tertiary/aromatic N) is 4. The van der Waals surface area contributed by atoms with Crippen LogP contribution < -0.4 is 4.74 Å². The van der Waals surface area contributed by atoms with Crippen molar-refractivity contribution in [2.24, 2.45) is 10.3 Å². The summed E-state index contributed by atoms with van der Waals surface area (Å²) in [7, 11) is 0. The van der Waals surface area contributed by atoms with Crippen molar-refractivity contribution in [1.82, 2.24) is 9.99 Å². The molecule has 0 spiro atoms. The van der Waals surface area contributed by atoms with Crippen LogP contribution in [0, 0.1) is 13.8 Å². The van der Waals surface area contributed by atoms with Crippen LogP contribution >= 0.6 is 0 Å². The number of ether oxygens (including phenoxy) is 1. The predicted octanol–water partition coefficient (Wildman–Crippen LogP) is 3.32. The first-order valence-electron chi connectivity index (χ1n) is 7.40. The molecule has 0 saturated heterocycles. The maximum Gasteiger partial charge on any atom is 0.219 e. The lowest BCUT2D eigenvalue weighted by atomic mass is 10.1. The fraction of sp³-hybridized carbons (Fsp3) is 0.235. The Balaban J connectivity index is 1.77. The van der Waals surface area contributed by atoms with Crippen LogP contribution in [0.5, 0.6) is 11.6 Å². The monoisotopic (exact) mass is 310 g/mol.